The van der Waals surface area contributed by atoms with Gasteiger partial charge in [-0.25, -0.2) is 0 Å². The van der Waals surface area contributed by atoms with Crippen LogP contribution in [0.1, 0.15) is 27.7 Å². The van der Waals surface area contributed by atoms with E-state index in [1.807, 2.05) is 25.8 Å². The minimum absolute atomic E-state index is 0.121. The van der Waals surface area contributed by atoms with Gasteiger partial charge < -0.3 is 15.1 Å². The third kappa shape index (κ3) is 5.24. The van der Waals surface area contributed by atoms with E-state index in [2.05, 4.69) is 0 Å². The first-order valence-corrected chi connectivity index (χ1v) is 4.80. The summed E-state index contributed by atoms with van der Waals surface area (Å²) in [5.74, 6) is 0. The molecule has 13 heavy (non-hydrogen) atoms. The Balaban J connectivity index is 3.96. The fraction of sp³-hybridized carbons (Fsp3) is 1.00. The van der Waals surface area contributed by atoms with E-state index in [0.717, 1.165) is 6.54 Å². The number of hydrogen-bond acceptors (Lipinski definition) is 3. The predicted molar refractivity (Wildman–Crippen MR) is 54.6 cm³/mol. The van der Waals surface area contributed by atoms with E-state index in [1.54, 1.807) is 13.8 Å². The molecule has 0 aliphatic heterocycles. The zero-order valence-corrected chi connectivity index (χ0v) is 9.41. The molecule has 0 heterocycles. The summed E-state index contributed by atoms with van der Waals surface area (Å²) in [6.45, 7) is 9.06. The van der Waals surface area contributed by atoms with Gasteiger partial charge in [0.2, 0.25) is 0 Å². The van der Waals surface area contributed by atoms with Crippen molar-refractivity contribution in [2.75, 3.05) is 20.1 Å². The molecule has 2 atom stereocenters. The molecule has 3 heteroatoms. The van der Waals surface area contributed by atoms with Gasteiger partial charge in [-0.3, -0.25) is 0 Å². The van der Waals surface area contributed by atoms with Crippen molar-refractivity contribution < 1.29 is 10.2 Å². The van der Waals surface area contributed by atoms with Gasteiger partial charge in [0.25, 0.3) is 0 Å². The average molecular weight is 189 g/mol. The van der Waals surface area contributed by atoms with Crippen molar-refractivity contribution in [1.82, 2.24) is 4.90 Å². The van der Waals surface area contributed by atoms with E-state index in [9.17, 15) is 5.11 Å². The average Bonchev–Trinajstić information content (AvgIpc) is 1.82. The molecule has 0 aromatic carbocycles. The predicted octanol–water partition coefficient (Wildman–Crippen LogP) is 0.706. The van der Waals surface area contributed by atoms with Crippen molar-refractivity contribution in [3.05, 3.63) is 0 Å². The zero-order valence-electron chi connectivity index (χ0n) is 9.41. The molecule has 0 saturated carbocycles. The van der Waals surface area contributed by atoms with Crippen LogP contribution in [0.3, 0.4) is 0 Å². The lowest BCUT2D eigenvalue weighted by Crippen LogP contribution is -2.40. The van der Waals surface area contributed by atoms with Gasteiger partial charge in [-0.05, 0) is 20.9 Å². The van der Waals surface area contributed by atoms with Crippen molar-refractivity contribution in [2.45, 2.75) is 39.9 Å². The molecule has 0 bridgehead atoms. The maximum atomic E-state index is 9.47. The summed E-state index contributed by atoms with van der Waals surface area (Å²) in [4.78, 5) is 2.04. The molecule has 0 aromatic rings. The Kier molecular flexibility index (Phi) is 4.89. The SMILES string of the molecule is CC(O)CN(C)CC(C)(C)C(C)O. The maximum absolute atomic E-state index is 9.47. The summed E-state index contributed by atoms with van der Waals surface area (Å²) in [6, 6.07) is 0. The van der Waals surface area contributed by atoms with E-state index in [0.29, 0.717) is 6.54 Å². The topological polar surface area (TPSA) is 43.7 Å². The molecule has 0 aliphatic rings. The van der Waals surface area contributed by atoms with Crippen molar-refractivity contribution in [1.29, 1.82) is 0 Å². The molecule has 0 saturated heterocycles. The largest absolute Gasteiger partial charge is 0.393 e. The first-order chi connectivity index (χ1) is 5.75. The van der Waals surface area contributed by atoms with Crippen LogP contribution in [-0.2, 0) is 0 Å². The lowest BCUT2D eigenvalue weighted by atomic mass is 9.87. The molecule has 0 spiro atoms. The molecule has 3 nitrogen and oxygen atoms in total. The Morgan fingerprint density at radius 3 is 2.00 bits per heavy atom. The first-order valence-electron chi connectivity index (χ1n) is 4.80. The van der Waals surface area contributed by atoms with E-state index in [1.165, 1.54) is 0 Å². The highest BCUT2D eigenvalue weighted by molar-refractivity contribution is 4.78. The van der Waals surface area contributed by atoms with Gasteiger partial charge in [-0.2, -0.15) is 0 Å². The first kappa shape index (κ1) is 12.9. The second-order valence-electron chi connectivity index (χ2n) is 4.71. The number of aliphatic hydroxyl groups excluding tert-OH is 2. The van der Waals surface area contributed by atoms with Crippen molar-refractivity contribution in [3.63, 3.8) is 0 Å². The van der Waals surface area contributed by atoms with Crippen molar-refractivity contribution in [3.8, 4) is 0 Å². The third-order valence-corrected chi connectivity index (χ3v) is 2.38. The van der Waals surface area contributed by atoms with Gasteiger partial charge in [-0.1, -0.05) is 13.8 Å². The summed E-state index contributed by atoms with van der Waals surface area (Å²) in [6.07, 6.45) is -0.640. The normalized spacial score (nSPS) is 17.5. The van der Waals surface area contributed by atoms with Gasteiger partial charge in [0.05, 0.1) is 12.2 Å². The molecule has 0 aliphatic carbocycles. The number of likely N-dealkylation sites (N-methyl/N-ethyl adjacent to an activating group) is 1. The zero-order chi connectivity index (χ0) is 10.6. The van der Waals surface area contributed by atoms with E-state index in [4.69, 9.17) is 5.11 Å². The fourth-order valence-corrected chi connectivity index (χ4v) is 1.34. The molecule has 0 fully saturated rings. The maximum Gasteiger partial charge on any atom is 0.0638 e. The highest BCUT2D eigenvalue weighted by atomic mass is 16.3. The van der Waals surface area contributed by atoms with Crippen molar-refractivity contribution >= 4 is 0 Å². The summed E-state index contributed by atoms with van der Waals surface area (Å²) in [5, 5.41) is 18.6. The number of rotatable bonds is 5. The number of aliphatic hydroxyl groups is 2. The summed E-state index contributed by atoms with van der Waals surface area (Å²) < 4.78 is 0. The highest BCUT2D eigenvalue weighted by Crippen LogP contribution is 2.21. The molecular weight excluding hydrogens is 166 g/mol. The molecule has 0 radical (unpaired) electrons. The minimum Gasteiger partial charge on any atom is -0.393 e. The Morgan fingerprint density at radius 1 is 1.23 bits per heavy atom. The Hall–Kier alpha value is -0.120. The van der Waals surface area contributed by atoms with Crippen LogP contribution in [-0.4, -0.2) is 47.5 Å². The summed E-state index contributed by atoms with van der Waals surface area (Å²) in [7, 11) is 1.96. The number of hydrogen-bond donors (Lipinski definition) is 2. The second-order valence-corrected chi connectivity index (χ2v) is 4.71. The van der Waals surface area contributed by atoms with Crippen LogP contribution in [0, 0.1) is 5.41 Å². The second kappa shape index (κ2) is 4.94. The molecule has 80 valence electrons. The van der Waals surface area contributed by atoms with Crippen LogP contribution in [0.4, 0.5) is 0 Å². The third-order valence-electron chi connectivity index (χ3n) is 2.38. The van der Waals surface area contributed by atoms with Crippen LogP contribution >= 0.6 is 0 Å². The lowest BCUT2D eigenvalue weighted by molar-refractivity contribution is 0.0302. The smallest absolute Gasteiger partial charge is 0.0638 e. The Labute approximate surface area is 81.4 Å². The van der Waals surface area contributed by atoms with E-state index < -0.39 is 0 Å². The van der Waals surface area contributed by atoms with Crippen LogP contribution in [0.15, 0.2) is 0 Å². The quantitative estimate of drug-likeness (QED) is 0.669. The monoisotopic (exact) mass is 189 g/mol. The van der Waals surface area contributed by atoms with Gasteiger partial charge >= 0.3 is 0 Å². The lowest BCUT2D eigenvalue weighted by Gasteiger charge is -2.33. The highest BCUT2D eigenvalue weighted by Gasteiger charge is 2.25. The molecule has 2 N–H and O–H groups in total. The molecule has 0 amide bonds. The minimum atomic E-state index is -0.330. The Morgan fingerprint density at radius 2 is 1.69 bits per heavy atom. The van der Waals surface area contributed by atoms with Crippen molar-refractivity contribution in [2.24, 2.45) is 5.41 Å². The van der Waals surface area contributed by atoms with Gasteiger partial charge in [0.15, 0.2) is 0 Å². The van der Waals surface area contributed by atoms with Crippen LogP contribution < -0.4 is 0 Å². The fourth-order valence-electron chi connectivity index (χ4n) is 1.34. The van der Waals surface area contributed by atoms with Crippen LogP contribution in [0.25, 0.3) is 0 Å². The van der Waals surface area contributed by atoms with Gasteiger partial charge in [0.1, 0.15) is 0 Å². The molecule has 0 aromatic heterocycles. The standard InChI is InChI=1S/C10H23NO2/c1-8(12)6-11(5)7-10(3,4)9(2)13/h8-9,12-13H,6-7H2,1-5H3. The summed E-state index contributed by atoms with van der Waals surface area (Å²) in [5.41, 5.74) is -0.121. The van der Waals surface area contributed by atoms with Gasteiger partial charge in [-0.15, -0.1) is 0 Å². The van der Waals surface area contributed by atoms with E-state index in [-0.39, 0.29) is 17.6 Å². The molecule has 0 rings (SSSR count). The summed E-state index contributed by atoms with van der Waals surface area (Å²) >= 11 is 0. The molecular formula is C10H23NO2. The Bertz CT molecular complexity index is 144. The van der Waals surface area contributed by atoms with Gasteiger partial charge in [0, 0.05) is 18.5 Å². The molecule has 2 unspecified atom stereocenters. The van der Waals surface area contributed by atoms with E-state index >= 15 is 0 Å². The number of nitrogens with zero attached hydrogens (tertiary/aromatic N) is 1. The van der Waals surface area contributed by atoms with Crippen LogP contribution in [0.5, 0.6) is 0 Å². The van der Waals surface area contributed by atoms with Crippen LogP contribution in [0.2, 0.25) is 0 Å².